The molecule has 1 heteroatoms. The van der Waals surface area contributed by atoms with Gasteiger partial charge < -0.3 is 5.32 Å². The maximum atomic E-state index is 3.53. The van der Waals surface area contributed by atoms with Gasteiger partial charge in [0, 0.05) is 6.04 Å². The summed E-state index contributed by atoms with van der Waals surface area (Å²) in [4.78, 5) is 0. The van der Waals surface area contributed by atoms with Crippen LogP contribution in [-0.4, -0.2) is 13.1 Å². The molecule has 1 N–H and O–H groups in total. The Hall–Kier alpha value is -0.0400. The van der Waals surface area contributed by atoms with Gasteiger partial charge in [0.2, 0.25) is 0 Å². The summed E-state index contributed by atoms with van der Waals surface area (Å²) < 4.78 is 0. The maximum Gasteiger partial charge on any atom is 0.0120 e. The lowest BCUT2D eigenvalue weighted by Gasteiger charge is -2.31. The minimum atomic E-state index is 0.752. The summed E-state index contributed by atoms with van der Waals surface area (Å²) in [7, 11) is 2.13. The molecule has 2 atom stereocenters. The van der Waals surface area contributed by atoms with Crippen molar-refractivity contribution in [3.63, 3.8) is 0 Å². The molecular weight excluding hydrogens is 158 g/mol. The fraction of sp³-hybridized carbons (Fsp3) is 1.00. The molecule has 0 amide bonds. The molecule has 1 rings (SSSR count). The summed E-state index contributed by atoms with van der Waals surface area (Å²) in [6, 6.07) is 0.752. The molecule has 1 aliphatic carbocycles. The van der Waals surface area contributed by atoms with E-state index in [1.54, 1.807) is 0 Å². The number of nitrogens with one attached hydrogen (secondary N) is 1. The van der Waals surface area contributed by atoms with Crippen molar-refractivity contribution in [3.8, 4) is 0 Å². The van der Waals surface area contributed by atoms with E-state index >= 15 is 0 Å². The van der Waals surface area contributed by atoms with Crippen molar-refractivity contribution in [2.24, 2.45) is 17.8 Å². The van der Waals surface area contributed by atoms with Gasteiger partial charge in [0.05, 0.1) is 0 Å². The second-order valence-corrected chi connectivity index (χ2v) is 4.96. The fourth-order valence-electron chi connectivity index (χ4n) is 2.66. The first kappa shape index (κ1) is 11.0. The van der Waals surface area contributed by atoms with Gasteiger partial charge in [-0.15, -0.1) is 0 Å². The topological polar surface area (TPSA) is 12.0 Å². The van der Waals surface area contributed by atoms with Crippen molar-refractivity contribution < 1.29 is 0 Å². The van der Waals surface area contributed by atoms with Crippen LogP contribution >= 0.6 is 0 Å². The predicted octanol–water partition coefficient (Wildman–Crippen LogP) is 3.06. The average Bonchev–Trinajstić information content (AvgIpc) is 2.58. The van der Waals surface area contributed by atoms with E-state index in [1.165, 1.54) is 25.7 Å². The molecule has 0 spiro atoms. The van der Waals surface area contributed by atoms with E-state index in [9.17, 15) is 0 Å². The molecule has 1 aliphatic rings. The van der Waals surface area contributed by atoms with Crippen molar-refractivity contribution >= 4 is 0 Å². The van der Waals surface area contributed by atoms with Crippen LogP contribution in [0.15, 0.2) is 0 Å². The Morgan fingerprint density at radius 2 is 1.62 bits per heavy atom. The Balaban J connectivity index is 2.49. The number of hydrogen-bond donors (Lipinski definition) is 1. The highest BCUT2D eigenvalue weighted by Gasteiger charge is 2.29. The summed E-state index contributed by atoms with van der Waals surface area (Å²) in [5.74, 6) is 2.56. The van der Waals surface area contributed by atoms with Crippen LogP contribution in [0.4, 0.5) is 0 Å². The van der Waals surface area contributed by atoms with Crippen LogP contribution in [0.3, 0.4) is 0 Å². The van der Waals surface area contributed by atoms with Crippen molar-refractivity contribution in [3.05, 3.63) is 0 Å². The van der Waals surface area contributed by atoms with Crippen molar-refractivity contribution in [2.45, 2.75) is 52.5 Å². The van der Waals surface area contributed by atoms with Gasteiger partial charge in [-0.1, -0.05) is 33.6 Å². The van der Waals surface area contributed by atoms with Crippen molar-refractivity contribution in [1.29, 1.82) is 0 Å². The third kappa shape index (κ3) is 2.70. The average molecular weight is 183 g/mol. The van der Waals surface area contributed by atoms with Crippen LogP contribution < -0.4 is 5.32 Å². The molecule has 0 radical (unpaired) electrons. The largest absolute Gasteiger partial charge is 0.316 e. The number of hydrogen-bond acceptors (Lipinski definition) is 1. The van der Waals surface area contributed by atoms with Gasteiger partial charge >= 0.3 is 0 Å². The Bertz CT molecular complexity index is 134. The molecule has 0 aromatic rings. The Morgan fingerprint density at radius 3 is 2.00 bits per heavy atom. The Morgan fingerprint density at radius 1 is 1.08 bits per heavy atom. The zero-order chi connectivity index (χ0) is 9.84. The molecule has 0 heterocycles. The highest BCUT2D eigenvalue weighted by Crippen LogP contribution is 2.32. The van der Waals surface area contributed by atoms with E-state index in [1.807, 2.05) is 0 Å². The van der Waals surface area contributed by atoms with Gasteiger partial charge in [-0.2, -0.15) is 0 Å². The van der Waals surface area contributed by atoms with E-state index in [0.717, 1.165) is 23.8 Å². The van der Waals surface area contributed by atoms with E-state index < -0.39 is 0 Å². The lowest BCUT2D eigenvalue weighted by atomic mass is 9.82. The summed E-state index contributed by atoms with van der Waals surface area (Å²) in [5, 5.41) is 3.53. The van der Waals surface area contributed by atoms with E-state index in [0.29, 0.717) is 0 Å². The van der Waals surface area contributed by atoms with Crippen LogP contribution in [0, 0.1) is 17.8 Å². The standard InChI is InChI=1S/C12H25N/c1-9(2)10(3)12(13-4)11-7-5-6-8-11/h9-13H,5-8H2,1-4H3. The Kier molecular flexibility index (Phi) is 4.24. The minimum absolute atomic E-state index is 0.752. The Labute approximate surface area is 83.3 Å². The third-order valence-electron chi connectivity index (χ3n) is 3.86. The summed E-state index contributed by atoms with van der Waals surface area (Å²) in [6.45, 7) is 7.07. The maximum absolute atomic E-state index is 3.53. The molecule has 0 aromatic carbocycles. The molecule has 0 aliphatic heterocycles. The summed E-state index contributed by atoms with van der Waals surface area (Å²) >= 11 is 0. The number of rotatable bonds is 4. The van der Waals surface area contributed by atoms with Crippen LogP contribution in [0.25, 0.3) is 0 Å². The van der Waals surface area contributed by atoms with Crippen LogP contribution in [-0.2, 0) is 0 Å². The first-order chi connectivity index (χ1) is 6.16. The molecule has 1 nitrogen and oxygen atoms in total. The zero-order valence-electron chi connectivity index (χ0n) is 9.64. The van der Waals surface area contributed by atoms with E-state index in [4.69, 9.17) is 0 Å². The predicted molar refractivity (Wildman–Crippen MR) is 58.8 cm³/mol. The van der Waals surface area contributed by atoms with Gasteiger partial charge in [0.1, 0.15) is 0 Å². The lowest BCUT2D eigenvalue weighted by Crippen LogP contribution is -2.40. The second-order valence-electron chi connectivity index (χ2n) is 4.96. The van der Waals surface area contributed by atoms with Crippen LogP contribution in [0.1, 0.15) is 46.5 Å². The van der Waals surface area contributed by atoms with Gasteiger partial charge in [0.15, 0.2) is 0 Å². The fourth-order valence-corrected chi connectivity index (χ4v) is 2.66. The summed E-state index contributed by atoms with van der Waals surface area (Å²) in [5.41, 5.74) is 0. The monoisotopic (exact) mass is 183 g/mol. The lowest BCUT2D eigenvalue weighted by molar-refractivity contribution is 0.235. The van der Waals surface area contributed by atoms with E-state index in [2.05, 4.69) is 33.1 Å². The molecule has 0 bridgehead atoms. The summed E-state index contributed by atoms with van der Waals surface area (Å²) in [6.07, 6.45) is 5.80. The van der Waals surface area contributed by atoms with Crippen molar-refractivity contribution in [2.75, 3.05) is 7.05 Å². The molecular formula is C12H25N. The van der Waals surface area contributed by atoms with Gasteiger partial charge in [-0.3, -0.25) is 0 Å². The highest BCUT2D eigenvalue weighted by molar-refractivity contribution is 4.84. The zero-order valence-corrected chi connectivity index (χ0v) is 9.64. The normalized spacial score (nSPS) is 23.8. The third-order valence-corrected chi connectivity index (χ3v) is 3.86. The molecule has 1 fully saturated rings. The molecule has 0 aromatic heterocycles. The quantitative estimate of drug-likeness (QED) is 0.706. The first-order valence-electron chi connectivity index (χ1n) is 5.84. The smallest absolute Gasteiger partial charge is 0.0120 e. The molecule has 78 valence electrons. The molecule has 1 saturated carbocycles. The first-order valence-corrected chi connectivity index (χ1v) is 5.84. The SMILES string of the molecule is CNC(C1CCCC1)C(C)C(C)C. The van der Waals surface area contributed by atoms with Crippen LogP contribution in [0.2, 0.25) is 0 Å². The minimum Gasteiger partial charge on any atom is -0.316 e. The van der Waals surface area contributed by atoms with Gasteiger partial charge in [-0.05, 0) is 37.6 Å². The highest BCUT2D eigenvalue weighted by atomic mass is 14.9. The molecule has 0 saturated heterocycles. The van der Waals surface area contributed by atoms with Gasteiger partial charge in [0.25, 0.3) is 0 Å². The van der Waals surface area contributed by atoms with E-state index in [-0.39, 0.29) is 0 Å². The van der Waals surface area contributed by atoms with Gasteiger partial charge in [-0.25, -0.2) is 0 Å². The molecule has 2 unspecified atom stereocenters. The molecule has 13 heavy (non-hydrogen) atoms. The van der Waals surface area contributed by atoms with Crippen molar-refractivity contribution in [1.82, 2.24) is 5.32 Å². The second kappa shape index (κ2) is 4.99. The van der Waals surface area contributed by atoms with Crippen LogP contribution in [0.5, 0.6) is 0 Å².